The summed E-state index contributed by atoms with van der Waals surface area (Å²) in [5, 5.41) is 9.58. The van der Waals surface area contributed by atoms with Crippen LogP contribution in [-0.2, 0) is 0 Å². The first kappa shape index (κ1) is 10.1. The molecule has 13 heavy (non-hydrogen) atoms. The Morgan fingerprint density at radius 2 is 2.08 bits per heavy atom. The van der Waals surface area contributed by atoms with Crippen molar-refractivity contribution in [2.45, 2.75) is 40.0 Å². The molecule has 0 amide bonds. The molecule has 1 rings (SSSR count). The van der Waals surface area contributed by atoms with Crippen LogP contribution in [0.3, 0.4) is 0 Å². The number of rotatable bonds is 2. The fraction of sp³-hybridized carbons (Fsp3) is 0.500. The van der Waals surface area contributed by atoms with Crippen LogP contribution in [0.1, 0.15) is 40.0 Å². The average Bonchev–Trinajstić information content (AvgIpc) is 2.08. The fourth-order valence-corrected chi connectivity index (χ4v) is 1.60. The molecule has 1 N–H and O–H groups in total. The lowest BCUT2D eigenvalue weighted by Gasteiger charge is -2.15. The summed E-state index contributed by atoms with van der Waals surface area (Å²) in [6, 6.07) is 0. The van der Waals surface area contributed by atoms with Crippen LogP contribution in [0.4, 0.5) is 0 Å². The molecule has 0 unspecified atom stereocenters. The molecule has 0 saturated heterocycles. The smallest absolute Gasteiger partial charge is 0.119 e. The lowest BCUT2D eigenvalue weighted by molar-refractivity contribution is 0.417. The van der Waals surface area contributed by atoms with Crippen molar-refractivity contribution in [2.24, 2.45) is 0 Å². The van der Waals surface area contributed by atoms with Crippen LogP contribution in [0.15, 0.2) is 34.6 Å². The lowest BCUT2D eigenvalue weighted by atomic mass is 9.93. The first-order valence-electron chi connectivity index (χ1n) is 4.90. The SMILES string of the molecule is CCCC1=CC=C(O)C(=C(C)C)C1. The first-order chi connectivity index (χ1) is 6.15. The van der Waals surface area contributed by atoms with E-state index in [9.17, 15) is 5.11 Å². The van der Waals surface area contributed by atoms with Gasteiger partial charge in [-0.15, -0.1) is 0 Å². The maximum absolute atomic E-state index is 9.58. The molecule has 0 aliphatic heterocycles. The van der Waals surface area contributed by atoms with Gasteiger partial charge in [0.2, 0.25) is 0 Å². The van der Waals surface area contributed by atoms with Gasteiger partial charge in [0.05, 0.1) is 0 Å². The number of hydrogen-bond acceptors (Lipinski definition) is 1. The Kier molecular flexibility index (Phi) is 3.35. The number of hydrogen-bond donors (Lipinski definition) is 1. The maximum atomic E-state index is 9.58. The molecule has 1 aliphatic rings. The zero-order valence-electron chi connectivity index (χ0n) is 8.72. The van der Waals surface area contributed by atoms with Crippen LogP contribution in [0.25, 0.3) is 0 Å². The van der Waals surface area contributed by atoms with Crippen molar-refractivity contribution in [1.29, 1.82) is 0 Å². The zero-order chi connectivity index (χ0) is 9.84. The maximum Gasteiger partial charge on any atom is 0.119 e. The lowest BCUT2D eigenvalue weighted by Crippen LogP contribution is -1.99. The molecule has 0 fully saturated rings. The average molecular weight is 178 g/mol. The van der Waals surface area contributed by atoms with Crippen LogP contribution >= 0.6 is 0 Å². The van der Waals surface area contributed by atoms with Crippen LogP contribution < -0.4 is 0 Å². The fourth-order valence-electron chi connectivity index (χ4n) is 1.60. The Balaban J connectivity index is 2.84. The first-order valence-corrected chi connectivity index (χ1v) is 4.90. The molecule has 0 saturated carbocycles. The second-order valence-corrected chi connectivity index (χ2v) is 3.78. The van der Waals surface area contributed by atoms with Crippen molar-refractivity contribution in [2.75, 3.05) is 0 Å². The predicted octanol–water partition coefficient (Wildman–Crippen LogP) is 3.89. The van der Waals surface area contributed by atoms with Gasteiger partial charge >= 0.3 is 0 Å². The minimum atomic E-state index is 0.444. The molecule has 0 aromatic heterocycles. The van der Waals surface area contributed by atoms with Gasteiger partial charge in [-0.05, 0) is 38.3 Å². The van der Waals surface area contributed by atoms with E-state index in [0.29, 0.717) is 5.76 Å². The molecule has 1 aliphatic carbocycles. The van der Waals surface area contributed by atoms with Crippen LogP contribution in [0, 0.1) is 0 Å². The molecule has 0 bridgehead atoms. The Hall–Kier alpha value is -0.980. The summed E-state index contributed by atoms with van der Waals surface area (Å²) in [6.45, 7) is 6.28. The second-order valence-electron chi connectivity index (χ2n) is 3.78. The largest absolute Gasteiger partial charge is 0.508 e. The minimum absolute atomic E-state index is 0.444. The van der Waals surface area contributed by atoms with Crippen LogP contribution in [-0.4, -0.2) is 5.11 Å². The molecule has 72 valence electrons. The quantitative estimate of drug-likeness (QED) is 0.680. The van der Waals surface area contributed by atoms with E-state index < -0.39 is 0 Å². The third-order valence-corrected chi connectivity index (χ3v) is 2.36. The van der Waals surface area contributed by atoms with Crippen molar-refractivity contribution < 1.29 is 5.11 Å². The molecule has 0 aromatic carbocycles. The standard InChI is InChI=1S/C12H18O/c1-4-5-10-6-7-12(13)11(8-10)9(2)3/h6-7,13H,4-5,8H2,1-3H3. The predicted molar refractivity (Wildman–Crippen MR) is 56.7 cm³/mol. The van der Waals surface area contributed by atoms with Crippen LogP contribution in [0.5, 0.6) is 0 Å². The number of allylic oxidation sites excluding steroid dienone is 5. The van der Waals surface area contributed by atoms with Gasteiger partial charge in [0.15, 0.2) is 0 Å². The summed E-state index contributed by atoms with van der Waals surface area (Å²) in [5.41, 5.74) is 3.75. The summed E-state index contributed by atoms with van der Waals surface area (Å²) in [4.78, 5) is 0. The molecule has 1 heteroatoms. The van der Waals surface area contributed by atoms with Gasteiger partial charge in [-0.1, -0.05) is 30.6 Å². The highest BCUT2D eigenvalue weighted by Gasteiger charge is 2.11. The van der Waals surface area contributed by atoms with E-state index in [1.165, 1.54) is 17.6 Å². The van der Waals surface area contributed by atoms with E-state index in [0.717, 1.165) is 18.4 Å². The second kappa shape index (κ2) is 4.31. The molecule has 1 nitrogen and oxygen atoms in total. The van der Waals surface area contributed by atoms with E-state index in [1.54, 1.807) is 0 Å². The highest BCUT2D eigenvalue weighted by molar-refractivity contribution is 5.40. The summed E-state index contributed by atoms with van der Waals surface area (Å²) < 4.78 is 0. The summed E-state index contributed by atoms with van der Waals surface area (Å²) in [5.74, 6) is 0.444. The Morgan fingerprint density at radius 3 is 2.62 bits per heavy atom. The van der Waals surface area contributed by atoms with Gasteiger partial charge in [-0.2, -0.15) is 0 Å². The molecule has 0 heterocycles. The highest BCUT2D eigenvalue weighted by atomic mass is 16.3. The molecule has 0 aromatic rings. The normalized spacial score (nSPS) is 16.7. The molecule has 0 radical (unpaired) electrons. The van der Waals surface area contributed by atoms with Gasteiger partial charge in [0, 0.05) is 0 Å². The van der Waals surface area contributed by atoms with Crippen LogP contribution in [0.2, 0.25) is 0 Å². The van der Waals surface area contributed by atoms with E-state index in [2.05, 4.69) is 6.92 Å². The number of aliphatic hydroxyl groups is 1. The Labute approximate surface area is 80.5 Å². The Bertz CT molecular complexity index is 275. The van der Waals surface area contributed by atoms with Gasteiger partial charge < -0.3 is 5.11 Å². The molecule has 0 atom stereocenters. The molecular formula is C12H18O. The third-order valence-electron chi connectivity index (χ3n) is 2.36. The van der Waals surface area contributed by atoms with E-state index in [4.69, 9.17) is 0 Å². The summed E-state index contributed by atoms with van der Waals surface area (Å²) in [7, 11) is 0. The van der Waals surface area contributed by atoms with E-state index >= 15 is 0 Å². The van der Waals surface area contributed by atoms with Gasteiger partial charge in [-0.25, -0.2) is 0 Å². The summed E-state index contributed by atoms with van der Waals surface area (Å²) >= 11 is 0. The monoisotopic (exact) mass is 178 g/mol. The highest BCUT2D eigenvalue weighted by Crippen LogP contribution is 2.27. The Morgan fingerprint density at radius 1 is 1.38 bits per heavy atom. The van der Waals surface area contributed by atoms with Gasteiger partial charge in [0.1, 0.15) is 5.76 Å². The third kappa shape index (κ3) is 2.48. The molecule has 0 spiro atoms. The van der Waals surface area contributed by atoms with Crippen molar-refractivity contribution in [1.82, 2.24) is 0 Å². The van der Waals surface area contributed by atoms with Gasteiger partial charge in [-0.3, -0.25) is 0 Å². The van der Waals surface area contributed by atoms with Crippen molar-refractivity contribution in [3.8, 4) is 0 Å². The minimum Gasteiger partial charge on any atom is -0.508 e. The van der Waals surface area contributed by atoms with E-state index in [1.807, 2.05) is 26.0 Å². The van der Waals surface area contributed by atoms with Crippen molar-refractivity contribution in [3.05, 3.63) is 34.6 Å². The van der Waals surface area contributed by atoms with E-state index in [-0.39, 0.29) is 0 Å². The zero-order valence-corrected chi connectivity index (χ0v) is 8.72. The molecular weight excluding hydrogens is 160 g/mol. The number of aliphatic hydroxyl groups excluding tert-OH is 1. The topological polar surface area (TPSA) is 20.2 Å². The van der Waals surface area contributed by atoms with Crippen molar-refractivity contribution in [3.63, 3.8) is 0 Å². The summed E-state index contributed by atoms with van der Waals surface area (Å²) in [6.07, 6.45) is 7.11. The van der Waals surface area contributed by atoms with Gasteiger partial charge in [0.25, 0.3) is 0 Å². The van der Waals surface area contributed by atoms with Crippen molar-refractivity contribution >= 4 is 0 Å².